The predicted octanol–water partition coefficient (Wildman–Crippen LogP) is 2.61. The van der Waals surface area contributed by atoms with Gasteiger partial charge in [-0.3, -0.25) is 0 Å². The number of ether oxygens (including phenoxy) is 1. The molecule has 0 aliphatic carbocycles. The lowest BCUT2D eigenvalue weighted by atomic mass is 10.1. The first kappa shape index (κ1) is 15.8. The average Bonchev–Trinajstić information content (AvgIpc) is 2.31. The smallest absolute Gasteiger partial charge is 0.330 e. The SMILES string of the molecule is NC(COCC(F)(F)C(F)F)Cc1ccccc1F. The van der Waals surface area contributed by atoms with Gasteiger partial charge in [0.1, 0.15) is 12.4 Å². The minimum atomic E-state index is -4.20. The number of nitrogens with two attached hydrogens (primary N) is 1. The molecular weight excluding hydrogens is 269 g/mol. The molecule has 1 aromatic rings. The first-order valence-corrected chi connectivity index (χ1v) is 5.55. The van der Waals surface area contributed by atoms with E-state index in [1.807, 2.05) is 0 Å². The van der Waals surface area contributed by atoms with E-state index in [-0.39, 0.29) is 13.0 Å². The predicted molar refractivity (Wildman–Crippen MR) is 59.8 cm³/mol. The summed E-state index contributed by atoms with van der Waals surface area (Å²) in [7, 11) is 0. The number of alkyl halides is 4. The highest BCUT2D eigenvalue weighted by molar-refractivity contribution is 5.18. The van der Waals surface area contributed by atoms with E-state index in [1.165, 1.54) is 18.2 Å². The lowest BCUT2D eigenvalue weighted by Crippen LogP contribution is -2.36. The van der Waals surface area contributed by atoms with Gasteiger partial charge < -0.3 is 10.5 Å². The summed E-state index contributed by atoms with van der Waals surface area (Å²) in [6.07, 6.45) is -3.71. The Balaban J connectivity index is 2.37. The zero-order valence-corrected chi connectivity index (χ0v) is 9.96. The van der Waals surface area contributed by atoms with Crippen LogP contribution in [0.15, 0.2) is 24.3 Å². The van der Waals surface area contributed by atoms with Gasteiger partial charge in [-0.05, 0) is 18.1 Å². The van der Waals surface area contributed by atoms with Crippen LogP contribution < -0.4 is 5.73 Å². The Morgan fingerprint density at radius 2 is 1.84 bits per heavy atom. The Hall–Kier alpha value is -1.21. The van der Waals surface area contributed by atoms with E-state index >= 15 is 0 Å². The molecule has 0 saturated heterocycles. The van der Waals surface area contributed by atoms with Crippen molar-refractivity contribution < 1.29 is 26.7 Å². The third-order valence-corrected chi connectivity index (χ3v) is 2.39. The minimum absolute atomic E-state index is 0.0763. The Kier molecular flexibility index (Phi) is 5.68. The molecule has 1 aromatic carbocycles. The topological polar surface area (TPSA) is 35.2 Å². The van der Waals surface area contributed by atoms with Crippen LogP contribution in [-0.4, -0.2) is 31.6 Å². The fourth-order valence-corrected chi connectivity index (χ4v) is 1.41. The van der Waals surface area contributed by atoms with Crippen LogP contribution in [0.25, 0.3) is 0 Å². The maximum absolute atomic E-state index is 13.3. The molecule has 2 nitrogen and oxygen atoms in total. The first-order valence-electron chi connectivity index (χ1n) is 5.55. The fraction of sp³-hybridized carbons (Fsp3) is 0.500. The van der Waals surface area contributed by atoms with E-state index in [0.717, 1.165) is 0 Å². The van der Waals surface area contributed by atoms with Crippen molar-refractivity contribution in [3.8, 4) is 0 Å². The molecule has 0 aromatic heterocycles. The molecule has 0 aliphatic rings. The number of benzene rings is 1. The summed E-state index contributed by atoms with van der Waals surface area (Å²) in [6.45, 7) is -1.76. The molecule has 7 heteroatoms. The van der Waals surface area contributed by atoms with Crippen LogP contribution in [0.2, 0.25) is 0 Å². The van der Waals surface area contributed by atoms with Crippen LogP contribution in [0, 0.1) is 5.82 Å². The van der Waals surface area contributed by atoms with Crippen molar-refractivity contribution in [3.63, 3.8) is 0 Å². The summed E-state index contributed by atoms with van der Waals surface area (Å²) in [5.41, 5.74) is 5.87. The third-order valence-electron chi connectivity index (χ3n) is 2.39. The number of hydrogen-bond donors (Lipinski definition) is 1. The molecule has 19 heavy (non-hydrogen) atoms. The van der Waals surface area contributed by atoms with Crippen molar-refractivity contribution in [2.24, 2.45) is 5.73 Å². The van der Waals surface area contributed by atoms with E-state index < -0.39 is 30.8 Å². The Labute approximate surface area is 107 Å². The second kappa shape index (κ2) is 6.81. The first-order chi connectivity index (χ1) is 8.83. The van der Waals surface area contributed by atoms with E-state index in [0.29, 0.717) is 5.56 Å². The molecule has 0 heterocycles. The van der Waals surface area contributed by atoms with Gasteiger partial charge in [0.15, 0.2) is 0 Å². The summed E-state index contributed by atoms with van der Waals surface area (Å²) in [4.78, 5) is 0. The number of hydrogen-bond acceptors (Lipinski definition) is 2. The molecule has 1 unspecified atom stereocenters. The van der Waals surface area contributed by atoms with Gasteiger partial charge in [0.05, 0.1) is 6.61 Å². The molecule has 0 spiro atoms. The molecular formula is C12H14F5NO. The average molecular weight is 283 g/mol. The van der Waals surface area contributed by atoms with Gasteiger partial charge in [0.25, 0.3) is 0 Å². The molecule has 108 valence electrons. The van der Waals surface area contributed by atoms with Crippen molar-refractivity contribution in [3.05, 3.63) is 35.6 Å². The Bertz CT molecular complexity index is 399. The van der Waals surface area contributed by atoms with E-state index in [4.69, 9.17) is 5.73 Å². The molecule has 0 aliphatic heterocycles. The maximum atomic E-state index is 13.3. The summed E-state index contributed by atoms with van der Waals surface area (Å²) >= 11 is 0. The van der Waals surface area contributed by atoms with E-state index in [1.54, 1.807) is 6.07 Å². The zero-order chi connectivity index (χ0) is 14.5. The van der Waals surface area contributed by atoms with Crippen LogP contribution in [0.1, 0.15) is 5.56 Å². The lowest BCUT2D eigenvalue weighted by molar-refractivity contribution is -0.166. The van der Waals surface area contributed by atoms with Crippen LogP contribution in [-0.2, 0) is 11.2 Å². The van der Waals surface area contributed by atoms with Crippen LogP contribution in [0.3, 0.4) is 0 Å². The molecule has 2 N–H and O–H groups in total. The molecule has 0 amide bonds. The summed E-state index contributed by atoms with van der Waals surface area (Å²) in [5.74, 6) is -4.66. The van der Waals surface area contributed by atoms with Crippen molar-refractivity contribution in [2.45, 2.75) is 24.8 Å². The Morgan fingerprint density at radius 3 is 2.42 bits per heavy atom. The molecule has 0 fully saturated rings. The molecule has 1 atom stereocenters. The monoisotopic (exact) mass is 283 g/mol. The van der Waals surface area contributed by atoms with Gasteiger partial charge in [-0.1, -0.05) is 18.2 Å². The maximum Gasteiger partial charge on any atom is 0.330 e. The molecule has 0 radical (unpaired) electrons. The minimum Gasteiger partial charge on any atom is -0.373 e. The molecule has 1 rings (SSSR count). The second-order valence-corrected chi connectivity index (χ2v) is 4.13. The van der Waals surface area contributed by atoms with Crippen molar-refractivity contribution in [2.75, 3.05) is 13.2 Å². The van der Waals surface area contributed by atoms with Crippen molar-refractivity contribution in [1.82, 2.24) is 0 Å². The van der Waals surface area contributed by atoms with Crippen molar-refractivity contribution in [1.29, 1.82) is 0 Å². The second-order valence-electron chi connectivity index (χ2n) is 4.13. The van der Waals surface area contributed by atoms with E-state index in [2.05, 4.69) is 4.74 Å². The van der Waals surface area contributed by atoms with Gasteiger partial charge in [-0.15, -0.1) is 0 Å². The summed E-state index contributed by atoms with van der Waals surface area (Å²) < 4.78 is 66.4. The fourth-order valence-electron chi connectivity index (χ4n) is 1.41. The zero-order valence-electron chi connectivity index (χ0n) is 9.96. The third kappa shape index (κ3) is 5.12. The van der Waals surface area contributed by atoms with Crippen LogP contribution in [0.5, 0.6) is 0 Å². The standard InChI is InChI=1S/C12H14F5NO/c13-10-4-2-1-3-8(10)5-9(18)6-19-7-12(16,17)11(14)15/h1-4,9,11H,5-7,18H2. The molecule has 0 bridgehead atoms. The number of rotatable bonds is 7. The summed E-state index contributed by atoms with van der Waals surface area (Å²) in [5, 5.41) is 0. The highest BCUT2D eigenvalue weighted by Crippen LogP contribution is 2.22. The largest absolute Gasteiger partial charge is 0.373 e. The lowest BCUT2D eigenvalue weighted by Gasteiger charge is -2.17. The normalized spacial score (nSPS) is 13.8. The number of halogens is 5. The van der Waals surface area contributed by atoms with Crippen molar-refractivity contribution >= 4 is 0 Å². The van der Waals surface area contributed by atoms with E-state index in [9.17, 15) is 22.0 Å². The highest BCUT2D eigenvalue weighted by Gasteiger charge is 2.41. The van der Waals surface area contributed by atoms with Gasteiger partial charge in [0, 0.05) is 6.04 Å². The summed E-state index contributed by atoms with van der Waals surface area (Å²) in [6, 6.07) is 5.11. The quantitative estimate of drug-likeness (QED) is 0.781. The van der Waals surface area contributed by atoms with Gasteiger partial charge >= 0.3 is 12.3 Å². The van der Waals surface area contributed by atoms with Crippen LogP contribution >= 0.6 is 0 Å². The molecule has 0 saturated carbocycles. The van der Waals surface area contributed by atoms with Crippen LogP contribution in [0.4, 0.5) is 22.0 Å². The van der Waals surface area contributed by atoms with Gasteiger partial charge in [-0.2, -0.15) is 8.78 Å². The van der Waals surface area contributed by atoms with Gasteiger partial charge in [0.2, 0.25) is 0 Å². The highest BCUT2D eigenvalue weighted by atomic mass is 19.3. The Morgan fingerprint density at radius 1 is 1.21 bits per heavy atom. The van der Waals surface area contributed by atoms with Gasteiger partial charge in [-0.25, -0.2) is 13.2 Å².